The van der Waals surface area contributed by atoms with Gasteiger partial charge in [-0.15, -0.1) is 11.3 Å². The van der Waals surface area contributed by atoms with Crippen LogP contribution in [0.25, 0.3) is 0 Å². The molecule has 0 radical (unpaired) electrons. The molecule has 1 aliphatic carbocycles. The lowest BCUT2D eigenvalue weighted by atomic mass is 10.1. The molecule has 0 fully saturated rings. The molecule has 29 heavy (non-hydrogen) atoms. The number of hydrogen-bond donors (Lipinski definition) is 3. The molecule has 0 unspecified atom stereocenters. The Morgan fingerprint density at radius 1 is 1.21 bits per heavy atom. The summed E-state index contributed by atoms with van der Waals surface area (Å²) in [6.45, 7) is 3.16. The zero-order valence-corrected chi connectivity index (χ0v) is 18.0. The Bertz CT molecular complexity index is 980. The van der Waals surface area contributed by atoms with E-state index in [1.54, 1.807) is 25.1 Å². The van der Waals surface area contributed by atoms with Crippen molar-refractivity contribution in [1.82, 2.24) is 0 Å². The van der Waals surface area contributed by atoms with Gasteiger partial charge in [-0.25, -0.2) is 0 Å². The normalized spacial score (nSPS) is 14.1. The Kier molecular flexibility index (Phi) is 6.78. The largest absolute Gasteiger partial charge is 0.374 e. The third-order valence-electron chi connectivity index (χ3n) is 4.83. The van der Waals surface area contributed by atoms with Gasteiger partial charge in [-0.05, 0) is 56.4 Å². The van der Waals surface area contributed by atoms with Crippen LogP contribution in [0.4, 0.5) is 16.4 Å². The molecule has 0 aliphatic heterocycles. The summed E-state index contributed by atoms with van der Waals surface area (Å²) in [5.74, 6) is -0.428. The van der Waals surface area contributed by atoms with E-state index >= 15 is 0 Å². The number of anilines is 3. The Balaban J connectivity index is 1.69. The van der Waals surface area contributed by atoms with Crippen molar-refractivity contribution < 1.29 is 9.59 Å². The lowest BCUT2D eigenvalue weighted by Gasteiger charge is -2.16. The summed E-state index contributed by atoms with van der Waals surface area (Å²) in [7, 11) is 0. The number of hydrogen-bond acceptors (Lipinski definition) is 5. The number of nitrogens with one attached hydrogen (secondary N) is 3. The minimum atomic E-state index is -0.536. The number of benzene rings is 1. The van der Waals surface area contributed by atoms with Gasteiger partial charge in [0, 0.05) is 17.5 Å². The molecule has 0 saturated carbocycles. The Hall–Kier alpha value is -2.56. The second-order valence-electron chi connectivity index (χ2n) is 7.11. The molecular weight excluding hydrogens is 408 g/mol. The first-order chi connectivity index (χ1) is 13.9. The summed E-state index contributed by atoms with van der Waals surface area (Å²) in [6.07, 6.45) is 5.26. The van der Waals surface area contributed by atoms with Gasteiger partial charge in [-0.3, -0.25) is 9.59 Å². The van der Waals surface area contributed by atoms with Gasteiger partial charge >= 0.3 is 0 Å². The SMILES string of the molecule is CC(=O)Nc1ccc(N[C@H](C)C(=O)Nc2sc3c(c2C#N)CCCCC3)cc1Cl. The predicted molar refractivity (Wildman–Crippen MR) is 118 cm³/mol. The molecule has 0 bridgehead atoms. The Labute approximate surface area is 179 Å². The number of carbonyl (C=O) groups is 2. The number of aryl methyl sites for hydroxylation is 1. The zero-order chi connectivity index (χ0) is 21.0. The van der Waals surface area contributed by atoms with E-state index in [1.807, 2.05) is 0 Å². The number of rotatable bonds is 5. The van der Waals surface area contributed by atoms with Crippen molar-refractivity contribution in [3.63, 3.8) is 0 Å². The fraction of sp³-hybridized carbons (Fsp3) is 0.381. The third-order valence-corrected chi connectivity index (χ3v) is 6.35. The molecular formula is C21H23ClN4O2S. The minimum absolute atomic E-state index is 0.206. The molecule has 3 N–H and O–H groups in total. The molecule has 3 rings (SSSR count). The first-order valence-corrected chi connectivity index (χ1v) is 10.8. The molecule has 152 valence electrons. The number of nitrogens with zero attached hydrogens (tertiary/aromatic N) is 1. The Morgan fingerprint density at radius 2 is 1.97 bits per heavy atom. The number of nitriles is 1. The highest BCUT2D eigenvalue weighted by Gasteiger charge is 2.22. The second kappa shape index (κ2) is 9.29. The first-order valence-electron chi connectivity index (χ1n) is 9.58. The molecule has 2 amide bonds. The van der Waals surface area contributed by atoms with Gasteiger partial charge in [-0.2, -0.15) is 5.26 Å². The highest BCUT2D eigenvalue weighted by molar-refractivity contribution is 7.16. The third kappa shape index (κ3) is 5.08. The standard InChI is InChI=1S/C21H23ClN4O2S/c1-12(24-14-8-9-18(17(22)10-14)25-13(2)27)20(28)26-21-16(11-23)15-6-4-3-5-7-19(15)29-21/h8-10,12,24H,3-7H2,1-2H3,(H,25,27)(H,26,28)/t12-/m1/s1. The maximum Gasteiger partial charge on any atom is 0.247 e. The fourth-order valence-electron chi connectivity index (χ4n) is 3.38. The summed E-state index contributed by atoms with van der Waals surface area (Å²) in [4.78, 5) is 25.1. The topological polar surface area (TPSA) is 94.0 Å². The van der Waals surface area contributed by atoms with Crippen LogP contribution in [0.3, 0.4) is 0 Å². The second-order valence-corrected chi connectivity index (χ2v) is 8.62. The zero-order valence-electron chi connectivity index (χ0n) is 16.4. The van der Waals surface area contributed by atoms with E-state index in [0.717, 1.165) is 31.2 Å². The van der Waals surface area contributed by atoms with E-state index in [4.69, 9.17) is 11.6 Å². The highest BCUT2D eigenvalue weighted by atomic mass is 35.5. The van der Waals surface area contributed by atoms with E-state index in [1.165, 1.54) is 29.6 Å². The predicted octanol–water partition coefficient (Wildman–Crippen LogP) is 4.94. The van der Waals surface area contributed by atoms with Crippen molar-refractivity contribution >= 4 is 51.1 Å². The number of carbonyl (C=O) groups excluding carboxylic acids is 2. The van der Waals surface area contributed by atoms with Crippen molar-refractivity contribution in [2.75, 3.05) is 16.0 Å². The van der Waals surface area contributed by atoms with Crippen LogP contribution in [-0.2, 0) is 22.4 Å². The number of thiophene rings is 1. The molecule has 6 nitrogen and oxygen atoms in total. The van der Waals surface area contributed by atoms with Crippen molar-refractivity contribution in [3.8, 4) is 6.07 Å². The molecule has 0 saturated heterocycles. The van der Waals surface area contributed by atoms with Crippen LogP contribution in [0.2, 0.25) is 5.02 Å². The minimum Gasteiger partial charge on any atom is -0.374 e. The van der Waals surface area contributed by atoms with Crippen LogP contribution in [0.5, 0.6) is 0 Å². The molecule has 2 aromatic rings. The van der Waals surface area contributed by atoms with Gasteiger partial charge in [0.05, 0.1) is 16.3 Å². The number of halogens is 1. The summed E-state index contributed by atoms with van der Waals surface area (Å²) < 4.78 is 0. The molecule has 8 heteroatoms. The van der Waals surface area contributed by atoms with Crippen LogP contribution in [0, 0.1) is 11.3 Å². The smallest absolute Gasteiger partial charge is 0.247 e. The van der Waals surface area contributed by atoms with Crippen molar-refractivity contribution in [1.29, 1.82) is 5.26 Å². The number of fused-ring (bicyclic) bond motifs is 1. The van der Waals surface area contributed by atoms with Crippen LogP contribution < -0.4 is 16.0 Å². The van der Waals surface area contributed by atoms with E-state index in [9.17, 15) is 14.9 Å². The summed E-state index contributed by atoms with van der Waals surface area (Å²) in [5, 5.41) is 19.3. The lowest BCUT2D eigenvalue weighted by molar-refractivity contribution is -0.116. The monoisotopic (exact) mass is 430 g/mol. The maximum atomic E-state index is 12.7. The molecule has 1 aromatic heterocycles. The molecule has 1 atom stereocenters. The fourth-order valence-corrected chi connectivity index (χ4v) is 4.85. The molecule has 0 spiro atoms. The van der Waals surface area contributed by atoms with Crippen LogP contribution >= 0.6 is 22.9 Å². The lowest BCUT2D eigenvalue weighted by Crippen LogP contribution is -2.31. The van der Waals surface area contributed by atoms with Crippen LogP contribution in [0.15, 0.2) is 18.2 Å². The van der Waals surface area contributed by atoms with E-state index in [-0.39, 0.29) is 11.8 Å². The highest BCUT2D eigenvalue weighted by Crippen LogP contribution is 2.37. The average molecular weight is 431 g/mol. The van der Waals surface area contributed by atoms with Crippen molar-refractivity contribution in [2.24, 2.45) is 0 Å². The van der Waals surface area contributed by atoms with Crippen molar-refractivity contribution in [2.45, 2.75) is 52.0 Å². The van der Waals surface area contributed by atoms with Gasteiger partial charge in [0.1, 0.15) is 17.1 Å². The maximum absolute atomic E-state index is 12.7. The van der Waals surface area contributed by atoms with Gasteiger partial charge in [0.25, 0.3) is 0 Å². The quantitative estimate of drug-likeness (QED) is 0.585. The van der Waals surface area contributed by atoms with Crippen LogP contribution in [-0.4, -0.2) is 17.9 Å². The van der Waals surface area contributed by atoms with Crippen LogP contribution in [0.1, 0.15) is 49.1 Å². The van der Waals surface area contributed by atoms with Gasteiger partial charge in [0.15, 0.2) is 0 Å². The Morgan fingerprint density at radius 3 is 2.66 bits per heavy atom. The van der Waals surface area contributed by atoms with Gasteiger partial charge < -0.3 is 16.0 Å². The average Bonchev–Trinajstić information content (AvgIpc) is 2.83. The van der Waals surface area contributed by atoms with Gasteiger partial charge in [-0.1, -0.05) is 18.0 Å². The van der Waals surface area contributed by atoms with E-state index in [0.29, 0.717) is 27.0 Å². The van der Waals surface area contributed by atoms with E-state index < -0.39 is 6.04 Å². The molecule has 1 aromatic carbocycles. The first kappa shape index (κ1) is 21.2. The number of amides is 2. The summed E-state index contributed by atoms with van der Waals surface area (Å²) >= 11 is 7.71. The molecule has 1 heterocycles. The van der Waals surface area contributed by atoms with Gasteiger partial charge in [0.2, 0.25) is 11.8 Å². The summed E-state index contributed by atoms with van der Waals surface area (Å²) in [6, 6.07) is 6.83. The summed E-state index contributed by atoms with van der Waals surface area (Å²) in [5.41, 5.74) is 2.89. The van der Waals surface area contributed by atoms with E-state index in [2.05, 4.69) is 22.0 Å². The van der Waals surface area contributed by atoms with Crippen molar-refractivity contribution in [3.05, 3.63) is 39.2 Å². The molecule has 1 aliphatic rings.